The van der Waals surface area contributed by atoms with E-state index in [9.17, 15) is 18.0 Å². The molecule has 12 heteroatoms. The zero-order valence-corrected chi connectivity index (χ0v) is 19.9. The van der Waals surface area contributed by atoms with E-state index in [1.54, 1.807) is 30.1 Å². The van der Waals surface area contributed by atoms with Gasteiger partial charge in [-0.2, -0.15) is 28.3 Å². The van der Waals surface area contributed by atoms with Gasteiger partial charge in [0.15, 0.2) is 5.82 Å². The summed E-state index contributed by atoms with van der Waals surface area (Å²) in [7, 11) is 1.59. The van der Waals surface area contributed by atoms with Gasteiger partial charge < -0.3 is 9.88 Å². The first-order valence-corrected chi connectivity index (χ1v) is 11.3. The summed E-state index contributed by atoms with van der Waals surface area (Å²) >= 11 is 0. The molecule has 0 bridgehead atoms. The first-order chi connectivity index (χ1) is 17.1. The van der Waals surface area contributed by atoms with Gasteiger partial charge in [0.1, 0.15) is 0 Å². The molecule has 4 heterocycles. The van der Waals surface area contributed by atoms with Crippen LogP contribution >= 0.6 is 0 Å². The number of nitrogens with one attached hydrogen (secondary N) is 1. The van der Waals surface area contributed by atoms with Crippen molar-refractivity contribution in [3.05, 3.63) is 59.2 Å². The van der Waals surface area contributed by atoms with E-state index in [1.165, 1.54) is 16.8 Å². The maximum Gasteiger partial charge on any atom is 0.454 e. The quantitative estimate of drug-likeness (QED) is 0.394. The Morgan fingerprint density at radius 1 is 1.22 bits per heavy atom. The standard InChI is InChI=1S/C24H24F3N7O2/c1-14-10-28-23(30-22(14)34-12-16(15(2)31-34)11-33-7-4-8-36-33)29-17-5-6-20-18(9-17)19(13-32(20)3)21(35)24(25,26)27/h5-6,9-10,12-13H,4,7-8,11H2,1-3H3,(H,28,29,30). The van der Waals surface area contributed by atoms with Crippen LogP contribution in [-0.2, 0) is 18.4 Å². The van der Waals surface area contributed by atoms with Crippen molar-refractivity contribution in [3.8, 4) is 5.82 Å². The van der Waals surface area contributed by atoms with Crippen molar-refractivity contribution in [2.75, 3.05) is 18.5 Å². The second-order valence-corrected chi connectivity index (χ2v) is 8.77. The molecule has 5 rings (SSSR count). The molecule has 188 valence electrons. The van der Waals surface area contributed by atoms with Gasteiger partial charge in [-0.15, -0.1) is 0 Å². The molecular formula is C24H24F3N7O2. The number of hydroxylamine groups is 2. The van der Waals surface area contributed by atoms with E-state index in [-0.39, 0.29) is 11.3 Å². The largest absolute Gasteiger partial charge is 0.454 e. The number of alkyl halides is 3. The third-order valence-corrected chi connectivity index (χ3v) is 6.08. The molecule has 3 aromatic heterocycles. The van der Waals surface area contributed by atoms with E-state index in [0.29, 0.717) is 30.2 Å². The van der Waals surface area contributed by atoms with Gasteiger partial charge >= 0.3 is 6.18 Å². The Morgan fingerprint density at radius 3 is 2.75 bits per heavy atom. The van der Waals surface area contributed by atoms with Crippen LogP contribution in [0, 0.1) is 13.8 Å². The lowest BCUT2D eigenvalue weighted by Gasteiger charge is -2.12. The lowest BCUT2D eigenvalue weighted by molar-refractivity contribution is -0.117. The summed E-state index contributed by atoms with van der Waals surface area (Å²) in [4.78, 5) is 26.4. The molecule has 1 fully saturated rings. The first-order valence-electron chi connectivity index (χ1n) is 11.3. The van der Waals surface area contributed by atoms with Gasteiger partial charge in [-0.3, -0.25) is 9.63 Å². The third kappa shape index (κ3) is 4.56. The number of hydrogen-bond acceptors (Lipinski definition) is 7. The van der Waals surface area contributed by atoms with Gasteiger partial charge in [-0.1, -0.05) is 0 Å². The van der Waals surface area contributed by atoms with Gasteiger partial charge in [0.2, 0.25) is 5.95 Å². The van der Waals surface area contributed by atoms with Crippen molar-refractivity contribution >= 4 is 28.3 Å². The van der Waals surface area contributed by atoms with Crippen LogP contribution in [0.4, 0.5) is 24.8 Å². The zero-order chi connectivity index (χ0) is 25.6. The summed E-state index contributed by atoms with van der Waals surface area (Å²) in [5.74, 6) is -1.08. The summed E-state index contributed by atoms with van der Waals surface area (Å²) in [5, 5.41) is 9.73. The molecule has 1 aromatic carbocycles. The fourth-order valence-electron chi connectivity index (χ4n) is 4.23. The van der Waals surface area contributed by atoms with E-state index in [1.807, 2.05) is 25.1 Å². The molecule has 1 saturated heterocycles. The molecule has 0 saturated carbocycles. The van der Waals surface area contributed by atoms with Crippen molar-refractivity contribution in [3.63, 3.8) is 0 Å². The molecular weight excluding hydrogens is 475 g/mol. The molecule has 4 aromatic rings. The summed E-state index contributed by atoms with van der Waals surface area (Å²) in [6.45, 7) is 6.00. The highest BCUT2D eigenvalue weighted by Crippen LogP contribution is 2.30. The minimum Gasteiger partial charge on any atom is -0.350 e. The number of fused-ring (bicyclic) bond motifs is 1. The topological polar surface area (TPSA) is 90.1 Å². The Labute approximate surface area is 204 Å². The molecule has 0 radical (unpaired) electrons. The SMILES string of the molecule is Cc1cnc(Nc2ccc3c(c2)c(C(=O)C(F)(F)F)cn3C)nc1-n1cc(CN2CCCO2)c(C)n1. The molecule has 0 atom stereocenters. The summed E-state index contributed by atoms with van der Waals surface area (Å²) < 4.78 is 42.5. The minimum absolute atomic E-state index is 0.189. The van der Waals surface area contributed by atoms with E-state index < -0.39 is 17.5 Å². The Bertz CT molecular complexity index is 1450. The molecule has 0 spiro atoms. The Kier molecular flexibility index (Phi) is 6.00. The highest BCUT2D eigenvalue weighted by Gasteiger charge is 2.40. The third-order valence-electron chi connectivity index (χ3n) is 6.08. The van der Waals surface area contributed by atoms with Crippen molar-refractivity contribution in [1.29, 1.82) is 0 Å². The Balaban J connectivity index is 1.44. The van der Waals surface area contributed by atoms with Crippen molar-refractivity contribution in [1.82, 2.24) is 29.4 Å². The average molecular weight is 499 g/mol. The number of Topliss-reactive ketones (excluding diaryl/α,β-unsaturated/α-hetero) is 1. The van der Waals surface area contributed by atoms with E-state index >= 15 is 0 Å². The number of ketones is 1. The number of nitrogens with zero attached hydrogens (tertiary/aromatic N) is 6. The first kappa shape index (κ1) is 23.9. The number of aromatic nitrogens is 5. The molecule has 0 unspecified atom stereocenters. The van der Waals surface area contributed by atoms with Crippen LogP contribution in [0.2, 0.25) is 0 Å². The van der Waals surface area contributed by atoms with Crippen LogP contribution in [-0.4, -0.2) is 54.5 Å². The number of hydrogen-bond donors (Lipinski definition) is 1. The van der Waals surface area contributed by atoms with Gasteiger partial charge in [0.25, 0.3) is 5.78 Å². The monoisotopic (exact) mass is 499 g/mol. The van der Waals surface area contributed by atoms with E-state index in [4.69, 9.17) is 4.84 Å². The van der Waals surface area contributed by atoms with E-state index in [2.05, 4.69) is 20.4 Å². The smallest absolute Gasteiger partial charge is 0.350 e. The lowest BCUT2D eigenvalue weighted by Crippen LogP contribution is -2.22. The highest BCUT2D eigenvalue weighted by molar-refractivity contribution is 6.11. The number of aryl methyl sites for hydroxylation is 3. The molecule has 1 N–H and O–H groups in total. The predicted molar refractivity (Wildman–Crippen MR) is 126 cm³/mol. The second-order valence-electron chi connectivity index (χ2n) is 8.77. The Hall–Kier alpha value is -3.77. The maximum absolute atomic E-state index is 13.1. The van der Waals surface area contributed by atoms with E-state index in [0.717, 1.165) is 29.8 Å². The predicted octanol–water partition coefficient (Wildman–Crippen LogP) is 4.40. The molecule has 0 aliphatic carbocycles. The molecule has 9 nitrogen and oxygen atoms in total. The number of rotatable bonds is 6. The summed E-state index contributed by atoms with van der Waals surface area (Å²) in [6.07, 6.45) is 0.767. The minimum atomic E-state index is -4.96. The average Bonchev–Trinajstić information content (AvgIpc) is 3.54. The van der Waals surface area contributed by atoms with Crippen LogP contribution < -0.4 is 5.32 Å². The fourth-order valence-corrected chi connectivity index (χ4v) is 4.23. The van der Waals surface area contributed by atoms with Gasteiger partial charge in [-0.25, -0.2) is 9.67 Å². The van der Waals surface area contributed by atoms with Crippen molar-refractivity contribution in [2.45, 2.75) is 33.0 Å². The number of carbonyl (C=O) groups excluding carboxylic acids is 1. The highest BCUT2D eigenvalue weighted by atomic mass is 19.4. The molecule has 1 aliphatic rings. The lowest BCUT2D eigenvalue weighted by atomic mass is 10.1. The van der Waals surface area contributed by atoms with Crippen LogP contribution in [0.5, 0.6) is 0 Å². The van der Waals surface area contributed by atoms with Gasteiger partial charge in [-0.05, 0) is 38.5 Å². The summed E-state index contributed by atoms with van der Waals surface area (Å²) in [6, 6.07) is 4.83. The van der Waals surface area contributed by atoms with Crippen molar-refractivity contribution in [2.24, 2.45) is 7.05 Å². The number of benzene rings is 1. The number of halogens is 3. The van der Waals surface area contributed by atoms with Crippen molar-refractivity contribution < 1.29 is 22.8 Å². The zero-order valence-electron chi connectivity index (χ0n) is 19.9. The Morgan fingerprint density at radius 2 is 2.03 bits per heavy atom. The number of anilines is 2. The molecule has 36 heavy (non-hydrogen) atoms. The van der Waals surface area contributed by atoms with Crippen LogP contribution in [0.3, 0.4) is 0 Å². The molecule has 1 aliphatic heterocycles. The second kappa shape index (κ2) is 9.03. The van der Waals surface area contributed by atoms with Crippen LogP contribution in [0.25, 0.3) is 16.7 Å². The normalized spacial score (nSPS) is 14.6. The summed E-state index contributed by atoms with van der Waals surface area (Å²) in [5.41, 5.74) is 3.21. The molecule has 0 amide bonds. The number of carbonyl (C=O) groups is 1. The maximum atomic E-state index is 13.1. The van der Waals surface area contributed by atoms with Gasteiger partial charge in [0, 0.05) is 59.9 Å². The van der Waals surface area contributed by atoms with Crippen LogP contribution in [0.15, 0.2) is 36.8 Å². The van der Waals surface area contributed by atoms with Gasteiger partial charge in [0.05, 0.1) is 24.4 Å². The fraction of sp³-hybridized carbons (Fsp3) is 0.333. The van der Waals surface area contributed by atoms with Crippen LogP contribution in [0.1, 0.15) is 33.6 Å².